The highest BCUT2D eigenvalue weighted by molar-refractivity contribution is 5.99. The Hall–Kier alpha value is -4.22. The zero-order chi connectivity index (χ0) is 20.8. The van der Waals surface area contributed by atoms with E-state index in [4.69, 9.17) is 15.2 Å². The highest BCUT2D eigenvalue weighted by Crippen LogP contribution is 2.29. The Balaban J connectivity index is 2.05. The van der Waals surface area contributed by atoms with Gasteiger partial charge < -0.3 is 20.5 Å². The Bertz CT molecular complexity index is 960. The summed E-state index contributed by atoms with van der Waals surface area (Å²) in [6, 6.07) is 6.78. The number of methoxy groups -OCH3 is 1. The van der Waals surface area contributed by atoms with Gasteiger partial charge >= 0.3 is 5.97 Å². The number of nitrogens with two attached hydrogens (primary N) is 1. The fourth-order valence-corrected chi connectivity index (χ4v) is 2.13. The predicted octanol–water partition coefficient (Wildman–Crippen LogP) is 1.89. The molecule has 0 atom stereocenters. The largest absolute Gasteiger partial charge is 0.494 e. The van der Waals surface area contributed by atoms with E-state index in [1.54, 1.807) is 0 Å². The molecule has 1 amide bonds. The number of carbonyl (C=O) groups excluding carboxylic acids is 2. The number of anilines is 2. The van der Waals surface area contributed by atoms with Gasteiger partial charge in [-0.2, -0.15) is 0 Å². The highest BCUT2D eigenvalue weighted by atomic mass is 16.6. The van der Waals surface area contributed by atoms with E-state index in [1.807, 2.05) is 0 Å². The summed E-state index contributed by atoms with van der Waals surface area (Å²) in [6.07, 6.45) is 0. The molecule has 0 aliphatic heterocycles. The van der Waals surface area contributed by atoms with Crippen molar-refractivity contribution in [3.05, 3.63) is 62.2 Å². The van der Waals surface area contributed by atoms with E-state index in [0.717, 1.165) is 24.3 Å². The molecule has 12 nitrogen and oxygen atoms in total. The summed E-state index contributed by atoms with van der Waals surface area (Å²) in [7, 11) is 1.26. The maximum absolute atomic E-state index is 12.0. The predicted molar refractivity (Wildman–Crippen MR) is 96.1 cm³/mol. The third kappa shape index (κ3) is 4.69. The molecule has 0 unspecified atom stereocenters. The third-order valence-corrected chi connectivity index (χ3v) is 3.47. The number of nitrogen functional groups attached to an aromatic ring is 1. The molecular formula is C16H14N4O8. The third-order valence-electron chi connectivity index (χ3n) is 3.47. The molecule has 3 N–H and O–H groups in total. The van der Waals surface area contributed by atoms with Gasteiger partial charge in [0, 0.05) is 23.9 Å². The lowest BCUT2D eigenvalue weighted by molar-refractivity contribution is -0.385. The van der Waals surface area contributed by atoms with Crippen LogP contribution in [0.5, 0.6) is 5.75 Å². The van der Waals surface area contributed by atoms with Gasteiger partial charge in [0.2, 0.25) is 0 Å². The SMILES string of the molecule is COc1cc([N+](=O)[O-])ccc1NC(=O)COC(=O)c1cc([N+](=O)[O-])ccc1N. The molecule has 0 saturated heterocycles. The van der Waals surface area contributed by atoms with Crippen LogP contribution in [0.3, 0.4) is 0 Å². The van der Waals surface area contributed by atoms with E-state index in [9.17, 15) is 29.8 Å². The lowest BCUT2D eigenvalue weighted by atomic mass is 10.1. The van der Waals surface area contributed by atoms with Crippen LogP contribution in [-0.4, -0.2) is 35.4 Å². The van der Waals surface area contributed by atoms with E-state index in [-0.39, 0.29) is 34.1 Å². The molecule has 2 aromatic carbocycles. The number of nitro groups is 2. The molecule has 0 heterocycles. The first-order valence-electron chi connectivity index (χ1n) is 7.56. The van der Waals surface area contributed by atoms with Gasteiger partial charge in [-0.25, -0.2) is 4.79 Å². The van der Waals surface area contributed by atoms with Crippen molar-refractivity contribution in [2.75, 3.05) is 24.8 Å². The van der Waals surface area contributed by atoms with Crippen molar-refractivity contribution < 1.29 is 28.9 Å². The van der Waals surface area contributed by atoms with Crippen LogP contribution >= 0.6 is 0 Å². The summed E-state index contributed by atoms with van der Waals surface area (Å²) in [5, 5.41) is 23.9. The van der Waals surface area contributed by atoms with Gasteiger partial charge in [-0.1, -0.05) is 0 Å². The number of ether oxygens (including phenoxy) is 2. The number of benzene rings is 2. The smallest absolute Gasteiger partial charge is 0.341 e. The Morgan fingerprint density at radius 2 is 1.68 bits per heavy atom. The van der Waals surface area contributed by atoms with Crippen LogP contribution in [0.1, 0.15) is 10.4 Å². The summed E-state index contributed by atoms with van der Waals surface area (Å²) in [5.74, 6) is -1.74. The highest BCUT2D eigenvalue weighted by Gasteiger charge is 2.19. The van der Waals surface area contributed by atoms with Gasteiger partial charge in [-0.3, -0.25) is 25.0 Å². The van der Waals surface area contributed by atoms with Crippen LogP contribution in [0.15, 0.2) is 36.4 Å². The number of nitro benzene ring substituents is 2. The molecule has 146 valence electrons. The van der Waals surface area contributed by atoms with Gasteiger partial charge in [0.15, 0.2) is 6.61 Å². The number of esters is 1. The molecule has 0 aliphatic carbocycles. The van der Waals surface area contributed by atoms with Gasteiger partial charge in [0.1, 0.15) is 5.75 Å². The van der Waals surface area contributed by atoms with Crippen LogP contribution in [0.25, 0.3) is 0 Å². The average Bonchev–Trinajstić information content (AvgIpc) is 2.66. The van der Waals surface area contributed by atoms with Gasteiger partial charge in [-0.05, 0) is 12.1 Å². The van der Waals surface area contributed by atoms with Crippen LogP contribution in [0.4, 0.5) is 22.7 Å². The molecule has 0 radical (unpaired) electrons. The van der Waals surface area contributed by atoms with Crippen molar-refractivity contribution in [1.29, 1.82) is 0 Å². The van der Waals surface area contributed by atoms with Crippen molar-refractivity contribution in [1.82, 2.24) is 0 Å². The summed E-state index contributed by atoms with van der Waals surface area (Å²) in [6.45, 7) is -0.721. The summed E-state index contributed by atoms with van der Waals surface area (Å²) >= 11 is 0. The van der Waals surface area contributed by atoms with Crippen LogP contribution in [-0.2, 0) is 9.53 Å². The van der Waals surface area contributed by atoms with Crippen LogP contribution in [0.2, 0.25) is 0 Å². The van der Waals surface area contributed by atoms with Gasteiger partial charge in [-0.15, -0.1) is 0 Å². The normalized spacial score (nSPS) is 10.0. The number of rotatable bonds is 7. The van der Waals surface area contributed by atoms with Gasteiger partial charge in [0.05, 0.1) is 34.3 Å². The van der Waals surface area contributed by atoms with Crippen LogP contribution < -0.4 is 15.8 Å². The maximum atomic E-state index is 12.0. The van der Waals surface area contributed by atoms with E-state index >= 15 is 0 Å². The second-order valence-electron chi connectivity index (χ2n) is 5.29. The fraction of sp³-hybridized carbons (Fsp3) is 0.125. The number of nitrogens with zero attached hydrogens (tertiary/aromatic N) is 2. The Labute approximate surface area is 157 Å². The molecule has 0 aliphatic rings. The standard InChI is InChI=1S/C16H14N4O8/c1-27-14-7-10(20(25)26)3-5-13(14)18-15(21)8-28-16(22)11-6-9(19(23)24)2-4-12(11)17/h2-7H,8,17H2,1H3,(H,18,21). The number of hydrogen-bond acceptors (Lipinski definition) is 9. The molecule has 2 aromatic rings. The van der Waals surface area contributed by atoms with Crippen molar-refractivity contribution >= 4 is 34.6 Å². The minimum absolute atomic E-state index is 0.0387. The number of nitrogens with one attached hydrogen (secondary N) is 1. The van der Waals surface area contributed by atoms with Crippen LogP contribution in [0, 0.1) is 20.2 Å². The second kappa shape index (κ2) is 8.44. The zero-order valence-electron chi connectivity index (χ0n) is 14.4. The van der Waals surface area contributed by atoms with Crippen molar-refractivity contribution in [3.8, 4) is 5.75 Å². The van der Waals surface area contributed by atoms with Gasteiger partial charge in [0.25, 0.3) is 17.3 Å². The summed E-state index contributed by atoms with van der Waals surface area (Å²) < 4.78 is 9.79. The first-order chi connectivity index (χ1) is 13.2. The molecule has 28 heavy (non-hydrogen) atoms. The Kier molecular flexibility index (Phi) is 6.06. The molecule has 0 bridgehead atoms. The monoisotopic (exact) mass is 390 g/mol. The number of amides is 1. The number of non-ortho nitro benzene ring substituents is 2. The molecule has 0 spiro atoms. The Morgan fingerprint density at radius 1 is 1.07 bits per heavy atom. The van der Waals surface area contributed by atoms with Crippen molar-refractivity contribution in [2.24, 2.45) is 0 Å². The molecule has 12 heteroatoms. The molecule has 0 fully saturated rings. The molecule has 2 rings (SSSR count). The van der Waals surface area contributed by atoms with E-state index < -0.39 is 28.3 Å². The Morgan fingerprint density at radius 3 is 2.29 bits per heavy atom. The summed E-state index contributed by atoms with van der Waals surface area (Å²) in [4.78, 5) is 44.2. The lowest BCUT2D eigenvalue weighted by Gasteiger charge is -2.10. The molecule has 0 aromatic heterocycles. The minimum Gasteiger partial charge on any atom is -0.494 e. The zero-order valence-corrected chi connectivity index (χ0v) is 14.4. The van der Waals surface area contributed by atoms with E-state index in [2.05, 4.69) is 5.32 Å². The first-order valence-corrected chi connectivity index (χ1v) is 7.56. The first kappa shape index (κ1) is 20.1. The minimum atomic E-state index is -1.02. The quantitative estimate of drug-likeness (QED) is 0.309. The van der Waals surface area contributed by atoms with Crippen molar-refractivity contribution in [2.45, 2.75) is 0 Å². The molecular weight excluding hydrogens is 376 g/mol. The van der Waals surface area contributed by atoms with E-state index in [1.165, 1.54) is 19.2 Å². The average molecular weight is 390 g/mol. The number of carbonyl (C=O) groups is 2. The topological polar surface area (TPSA) is 177 Å². The maximum Gasteiger partial charge on any atom is 0.341 e. The fourth-order valence-electron chi connectivity index (χ4n) is 2.13. The number of hydrogen-bond donors (Lipinski definition) is 2. The lowest BCUT2D eigenvalue weighted by Crippen LogP contribution is -2.21. The molecule has 0 saturated carbocycles. The second-order valence-corrected chi connectivity index (χ2v) is 5.29. The van der Waals surface area contributed by atoms with Crippen molar-refractivity contribution in [3.63, 3.8) is 0 Å². The van der Waals surface area contributed by atoms with E-state index in [0.29, 0.717) is 0 Å². The summed E-state index contributed by atoms with van der Waals surface area (Å²) in [5.41, 5.74) is 4.83.